The Kier molecular flexibility index (Phi) is 5.66. The van der Waals surface area contributed by atoms with Gasteiger partial charge in [-0.1, -0.05) is 13.8 Å². The van der Waals surface area contributed by atoms with Crippen molar-refractivity contribution in [2.24, 2.45) is 17.4 Å². The molecule has 0 bridgehead atoms. The van der Waals surface area contributed by atoms with Gasteiger partial charge in [-0.2, -0.15) is 0 Å². The molecule has 1 amide bonds. The van der Waals surface area contributed by atoms with Crippen LogP contribution in [0.4, 0.5) is 0 Å². The summed E-state index contributed by atoms with van der Waals surface area (Å²) in [7, 11) is 0. The van der Waals surface area contributed by atoms with E-state index in [1.807, 2.05) is 11.8 Å². The summed E-state index contributed by atoms with van der Waals surface area (Å²) < 4.78 is 0. The van der Waals surface area contributed by atoms with Crippen LogP contribution in [0.1, 0.15) is 20.8 Å². The first-order valence-electron chi connectivity index (χ1n) is 4.68. The highest BCUT2D eigenvalue weighted by atomic mass is 16.1. The third-order valence-corrected chi connectivity index (χ3v) is 1.55. The average Bonchev–Trinajstić information content (AvgIpc) is 1.80. The zero-order valence-electron chi connectivity index (χ0n) is 8.79. The molecule has 4 nitrogen and oxygen atoms in total. The van der Waals surface area contributed by atoms with Crippen molar-refractivity contribution in [3.05, 3.63) is 0 Å². The van der Waals surface area contributed by atoms with Gasteiger partial charge in [-0.05, 0) is 12.8 Å². The molecule has 1 atom stereocenters. The minimum absolute atomic E-state index is 0.0816. The normalized spacial score (nSPS) is 13.7. The van der Waals surface area contributed by atoms with Crippen LogP contribution in [0.15, 0.2) is 0 Å². The minimum atomic E-state index is -0.290. The lowest BCUT2D eigenvalue weighted by Gasteiger charge is -2.24. The van der Waals surface area contributed by atoms with Crippen LogP contribution in [0.25, 0.3) is 0 Å². The van der Waals surface area contributed by atoms with Gasteiger partial charge < -0.3 is 11.5 Å². The van der Waals surface area contributed by atoms with E-state index >= 15 is 0 Å². The number of nitrogens with zero attached hydrogens (tertiary/aromatic N) is 1. The van der Waals surface area contributed by atoms with E-state index < -0.39 is 0 Å². The van der Waals surface area contributed by atoms with Gasteiger partial charge in [0.25, 0.3) is 0 Å². The maximum Gasteiger partial charge on any atom is 0.231 e. The van der Waals surface area contributed by atoms with Crippen LogP contribution >= 0.6 is 0 Å². The SMILES string of the molecule is CC(C)CN(CC(N)=O)CC(C)N. The van der Waals surface area contributed by atoms with E-state index in [1.54, 1.807) is 0 Å². The highest BCUT2D eigenvalue weighted by molar-refractivity contribution is 5.75. The van der Waals surface area contributed by atoms with Crippen LogP contribution in [0, 0.1) is 5.92 Å². The van der Waals surface area contributed by atoms with Crippen molar-refractivity contribution in [1.29, 1.82) is 0 Å². The molecule has 0 rings (SSSR count). The van der Waals surface area contributed by atoms with Crippen molar-refractivity contribution in [2.45, 2.75) is 26.8 Å². The molecular weight excluding hydrogens is 166 g/mol. The molecule has 78 valence electrons. The number of hydrogen-bond acceptors (Lipinski definition) is 3. The average molecular weight is 187 g/mol. The molecule has 0 saturated carbocycles. The molecule has 0 heterocycles. The van der Waals surface area contributed by atoms with E-state index in [1.165, 1.54) is 0 Å². The summed E-state index contributed by atoms with van der Waals surface area (Å²) in [5.41, 5.74) is 10.8. The minimum Gasteiger partial charge on any atom is -0.369 e. The van der Waals surface area contributed by atoms with Crippen molar-refractivity contribution < 1.29 is 4.79 Å². The Morgan fingerprint density at radius 1 is 1.31 bits per heavy atom. The van der Waals surface area contributed by atoms with Crippen LogP contribution in [-0.4, -0.2) is 36.5 Å². The molecule has 4 heteroatoms. The van der Waals surface area contributed by atoms with Crippen molar-refractivity contribution in [1.82, 2.24) is 4.90 Å². The van der Waals surface area contributed by atoms with E-state index in [0.717, 1.165) is 13.1 Å². The third-order valence-electron chi connectivity index (χ3n) is 1.55. The van der Waals surface area contributed by atoms with E-state index in [-0.39, 0.29) is 11.9 Å². The summed E-state index contributed by atoms with van der Waals surface area (Å²) in [6.07, 6.45) is 0. The van der Waals surface area contributed by atoms with Crippen molar-refractivity contribution in [2.75, 3.05) is 19.6 Å². The smallest absolute Gasteiger partial charge is 0.231 e. The van der Waals surface area contributed by atoms with E-state index in [4.69, 9.17) is 11.5 Å². The second-order valence-electron chi connectivity index (χ2n) is 4.03. The number of hydrogen-bond donors (Lipinski definition) is 2. The Morgan fingerprint density at radius 3 is 2.15 bits per heavy atom. The zero-order chi connectivity index (χ0) is 10.4. The summed E-state index contributed by atoms with van der Waals surface area (Å²) in [5, 5.41) is 0. The van der Waals surface area contributed by atoms with Gasteiger partial charge in [-0.15, -0.1) is 0 Å². The van der Waals surface area contributed by atoms with Crippen molar-refractivity contribution in [3.63, 3.8) is 0 Å². The molecular formula is C9H21N3O. The zero-order valence-corrected chi connectivity index (χ0v) is 8.79. The number of carbonyl (C=O) groups excluding carboxylic acids is 1. The summed E-state index contributed by atoms with van der Waals surface area (Å²) in [6, 6.07) is 0.0816. The van der Waals surface area contributed by atoms with E-state index in [2.05, 4.69) is 13.8 Å². The van der Waals surface area contributed by atoms with E-state index in [9.17, 15) is 4.79 Å². The number of rotatable bonds is 6. The fourth-order valence-corrected chi connectivity index (χ4v) is 1.35. The van der Waals surface area contributed by atoms with Gasteiger partial charge in [-0.3, -0.25) is 9.69 Å². The lowest BCUT2D eigenvalue weighted by Crippen LogP contribution is -2.42. The van der Waals surface area contributed by atoms with Crippen LogP contribution in [0.2, 0.25) is 0 Å². The largest absolute Gasteiger partial charge is 0.369 e. The second-order valence-corrected chi connectivity index (χ2v) is 4.03. The fourth-order valence-electron chi connectivity index (χ4n) is 1.35. The molecule has 0 saturated heterocycles. The van der Waals surface area contributed by atoms with Crippen LogP contribution in [0.5, 0.6) is 0 Å². The summed E-state index contributed by atoms with van der Waals surface area (Å²) >= 11 is 0. The molecule has 0 radical (unpaired) electrons. The van der Waals surface area contributed by atoms with Crippen LogP contribution in [-0.2, 0) is 4.79 Å². The van der Waals surface area contributed by atoms with Gasteiger partial charge >= 0.3 is 0 Å². The lowest BCUT2D eigenvalue weighted by atomic mass is 10.2. The van der Waals surface area contributed by atoms with Crippen molar-refractivity contribution >= 4 is 5.91 Å². The first-order valence-corrected chi connectivity index (χ1v) is 4.68. The molecule has 1 unspecified atom stereocenters. The number of nitrogens with two attached hydrogens (primary N) is 2. The first kappa shape index (κ1) is 12.4. The maximum absolute atomic E-state index is 10.7. The molecule has 0 spiro atoms. The molecule has 0 aliphatic carbocycles. The third kappa shape index (κ3) is 7.74. The molecule has 4 N–H and O–H groups in total. The van der Waals surface area contributed by atoms with Crippen molar-refractivity contribution in [3.8, 4) is 0 Å². The molecule has 0 aliphatic rings. The number of amides is 1. The van der Waals surface area contributed by atoms with Gasteiger partial charge in [0.15, 0.2) is 0 Å². The quantitative estimate of drug-likeness (QED) is 0.603. The number of primary amides is 1. The second kappa shape index (κ2) is 5.94. The molecule has 0 aromatic carbocycles. The molecule has 0 fully saturated rings. The van der Waals surface area contributed by atoms with E-state index in [0.29, 0.717) is 12.5 Å². The summed E-state index contributed by atoms with van der Waals surface area (Å²) in [6.45, 7) is 8.03. The highest BCUT2D eigenvalue weighted by Crippen LogP contribution is 1.98. The Balaban J connectivity index is 3.95. The molecule has 0 aromatic rings. The number of carbonyl (C=O) groups is 1. The van der Waals surface area contributed by atoms with Crippen LogP contribution < -0.4 is 11.5 Å². The van der Waals surface area contributed by atoms with Gasteiger partial charge in [0.05, 0.1) is 6.54 Å². The standard InChI is InChI=1S/C9H21N3O/c1-7(2)4-12(5-8(3)10)6-9(11)13/h7-8H,4-6,10H2,1-3H3,(H2,11,13). The topological polar surface area (TPSA) is 72.3 Å². The molecule has 0 aromatic heterocycles. The summed E-state index contributed by atoms with van der Waals surface area (Å²) in [5.74, 6) is 0.236. The van der Waals surface area contributed by atoms with Gasteiger partial charge in [0.2, 0.25) is 5.91 Å². The maximum atomic E-state index is 10.7. The van der Waals surface area contributed by atoms with Gasteiger partial charge in [0, 0.05) is 19.1 Å². The Labute approximate surface area is 80.3 Å². The summed E-state index contributed by atoms with van der Waals surface area (Å²) in [4.78, 5) is 12.7. The molecule has 13 heavy (non-hydrogen) atoms. The Morgan fingerprint density at radius 2 is 1.85 bits per heavy atom. The Hall–Kier alpha value is -0.610. The molecule has 0 aliphatic heterocycles. The highest BCUT2D eigenvalue weighted by Gasteiger charge is 2.11. The predicted molar refractivity (Wildman–Crippen MR) is 54.1 cm³/mol. The first-order chi connectivity index (χ1) is 5.91. The lowest BCUT2D eigenvalue weighted by molar-refractivity contribution is -0.119. The monoisotopic (exact) mass is 187 g/mol. The fraction of sp³-hybridized carbons (Fsp3) is 0.889. The Bertz CT molecular complexity index is 147. The van der Waals surface area contributed by atoms with Gasteiger partial charge in [-0.25, -0.2) is 0 Å². The van der Waals surface area contributed by atoms with Gasteiger partial charge in [0.1, 0.15) is 0 Å². The predicted octanol–water partition coefficient (Wildman–Crippen LogP) is -0.223. The van der Waals surface area contributed by atoms with Crippen LogP contribution in [0.3, 0.4) is 0 Å².